The summed E-state index contributed by atoms with van der Waals surface area (Å²) in [6.45, 7) is 7.76. The molecule has 3 N–H and O–H groups in total. The Kier molecular flexibility index (Phi) is 2.53. The third kappa shape index (κ3) is 1.73. The van der Waals surface area contributed by atoms with Crippen molar-refractivity contribution in [2.45, 2.75) is 39.3 Å². The SMILES string of the molecule is CC(C)N1C(=O)C(C)(C)Nc2c(N)cccc21. The summed E-state index contributed by atoms with van der Waals surface area (Å²) in [5.41, 5.74) is 7.74. The Balaban J connectivity index is 2.63. The standard InChI is InChI=1S/C13H19N3O/c1-8(2)16-10-7-5-6-9(14)11(10)15-13(3,4)12(16)17/h5-8,15H,14H2,1-4H3. The summed E-state index contributed by atoms with van der Waals surface area (Å²) in [7, 11) is 0. The summed E-state index contributed by atoms with van der Waals surface area (Å²) < 4.78 is 0. The number of benzene rings is 1. The van der Waals surface area contributed by atoms with E-state index in [1.165, 1.54) is 0 Å². The van der Waals surface area contributed by atoms with Gasteiger partial charge in [0.25, 0.3) is 5.91 Å². The number of hydrogen-bond acceptors (Lipinski definition) is 3. The molecule has 4 nitrogen and oxygen atoms in total. The first-order valence-corrected chi connectivity index (χ1v) is 5.85. The number of para-hydroxylation sites is 1. The van der Waals surface area contributed by atoms with Gasteiger partial charge in [-0.1, -0.05) is 6.07 Å². The van der Waals surface area contributed by atoms with Gasteiger partial charge in [-0.2, -0.15) is 0 Å². The van der Waals surface area contributed by atoms with Crippen molar-refractivity contribution in [1.82, 2.24) is 0 Å². The van der Waals surface area contributed by atoms with Crippen LogP contribution in [0.15, 0.2) is 18.2 Å². The van der Waals surface area contributed by atoms with Crippen molar-refractivity contribution in [1.29, 1.82) is 0 Å². The van der Waals surface area contributed by atoms with E-state index in [1.54, 1.807) is 0 Å². The Morgan fingerprint density at radius 1 is 1.35 bits per heavy atom. The fourth-order valence-corrected chi connectivity index (χ4v) is 2.18. The molecule has 1 amide bonds. The molecule has 4 heteroatoms. The fourth-order valence-electron chi connectivity index (χ4n) is 2.18. The van der Waals surface area contributed by atoms with E-state index in [1.807, 2.05) is 50.8 Å². The van der Waals surface area contributed by atoms with Gasteiger partial charge in [-0.15, -0.1) is 0 Å². The van der Waals surface area contributed by atoms with E-state index in [2.05, 4.69) is 5.32 Å². The van der Waals surface area contributed by atoms with Gasteiger partial charge in [0.1, 0.15) is 5.54 Å². The van der Waals surface area contributed by atoms with Crippen molar-refractivity contribution in [2.75, 3.05) is 16.0 Å². The lowest BCUT2D eigenvalue weighted by molar-refractivity contribution is -0.122. The maximum atomic E-state index is 12.4. The van der Waals surface area contributed by atoms with Gasteiger partial charge in [-0.3, -0.25) is 4.79 Å². The molecule has 0 atom stereocenters. The van der Waals surface area contributed by atoms with Gasteiger partial charge in [0, 0.05) is 6.04 Å². The number of hydrogen-bond donors (Lipinski definition) is 2. The second-order valence-electron chi connectivity index (χ2n) is 5.26. The third-order valence-electron chi connectivity index (χ3n) is 3.04. The number of nitrogens with one attached hydrogen (secondary N) is 1. The molecule has 1 heterocycles. The van der Waals surface area contributed by atoms with Crippen LogP contribution in [-0.2, 0) is 4.79 Å². The van der Waals surface area contributed by atoms with Crippen LogP contribution < -0.4 is 16.0 Å². The molecule has 0 bridgehead atoms. The van der Waals surface area contributed by atoms with Crippen LogP contribution in [0.2, 0.25) is 0 Å². The lowest BCUT2D eigenvalue weighted by Crippen LogP contribution is -2.56. The third-order valence-corrected chi connectivity index (χ3v) is 3.04. The second kappa shape index (κ2) is 3.65. The van der Waals surface area contributed by atoms with Crippen LogP contribution >= 0.6 is 0 Å². The van der Waals surface area contributed by atoms with Crippen LogP contribution in [0.4, 0.5) is 17.1 Å². The molecule has 0 unspecified atom stereocenters. The average molecular weight is 233 g/mol. The van der Waals surface area contributed by atoms with Crippen LogP contribution in [0, 0.1) is 0 Å². The predicted molar refractivity (Wildman–Crippen MR) is 71.2 cm³/mol. The molecule has 1 aromatic carbocycles. The number of amides is 1. The lowest BCUT2D eigenvalue weighted by Gasteiger charge is -2.42. The fraction of sp³-hybridized carbons (Fsp3) is 0.462. The number of nitrogens with zero attached hydrogens (tertiary/aromatic N) is 1. The summed E-state index contributed by atoms with van der Waals surface area (Å²) >= 11 is 0. The van der Waals surface area contributed by atoms with Crippen molar-refractivity contribution >= 4 is 23.0 Å². The summed E-state index contributed by atoms with van der Waals surface area (Å²) in [5.74, 6) is 0.0746. The average Bonchev–Trinajstić information content (AvgIpc) is 2.21. The zero-order valence-electron chi connectivity index (χ0n) is 10.7. The molecule has 1 aliphatic heterocycles. The van der Waals surface area contributed by atoms with Crippen molar-refractivity contribution in [3.8, 4) is 0 Å². The highest BCUT2D eigenvalue weighted by atomic mass is 16.2. The van der Waals surface area contributed by atoms with E-state index in [0.717, 1.165) is 11.4 Å². The highest BCUT2D eigenvalue weighted by molar-refractivity contribution is 6.09. The highest BCUT2D eigenvalue weighted by Gasteiger charge is 2.40. The van der Waals surface area contributed by atoms with Gasteiger partial charge in [0.2, 0.25) is 0 Å². The smallest absolute Gasteiger partial charge is 0.252 e. The number of carbonyl (C=O) groups is 1. The Hall–Kier alpha value is -1.71. The number of anilines is 3. The minimum Gasteiger partial charge on any atom is -0.397 e. The van der Waals surface area contributed by atoms with E-state index in [-0.39, 0.29) is 11.9 Å². The van der Waals surface area contributed by atoms with Gasteiger partial charge < -0.3 is 16.0 Å². The largest absolute Gasteiger partial charge is 0.397 e. The Labute approximate surface area is 102 Å². The van der Waals surface area contributed by atoms with E-state index in [0.29, 0.717) is 5.69 Å². The van der Waals surface area contributed by atoms with Gasteiger partial charge >= 0.3 is 0 Å². The molecular formula is C13H19N3O. The van der Waals surface area contributed by atoms with E-state index < -0.39 is 5.54 Å². The molecule has 0 aliphatic carbocycles. The first-order valence-electron chi connectivity index (χ1n) is 5.85. The zero-order chi connectivity index (χ0) is 12.8. The van der Waals surface area contributed by atoms with Crippen molar-refractivity contribution in [3.05, 3.63) is 18.2 Å². The van der Waals surface area contributed by atoms with Crippen LogP contribution in [0.25, 0.3) is 0 Å². The molecule has 1 aromatic rings. The number of nitrogens with two attached hydrogens (primary N) is 1. The Morgan fingerprint density at radius 2 is 2.00 bits per heavy atom. The molecule has 2 rings (SSSR count). The van der Waals surface area contributed by atoms with Crippen LogP contribution in [0.3, 0.4) is 0 Å². The summed E-state index contributed by atoms with van der Waals surface area (Å²) in [5, 5.41) is 3.22. The summed E-state index contributed by atoms with van der Waals surface area (Å²) in [4.78, 5) is 14.2. The molecule has 92 valence electrons. The van der Waals surface area contributed by atoms with Crippen molar-refractivity contribution < 1.29 is 4.79 Å². The lowest BCUT2D eigenvalue weighted by atomic mass is 9.96. The molecular weight excluding hydrogens is 214 g/mol. The van der Waals surface area contributed by atoms with E-state index >= 15 is 0 Å². The minimum atomic E-state index is -0.618. The van der Waals surface area contributed by atoms with E-state index in [4.69, 9.17) is 5.73 Å². The molecule has 0 saturated heterocycles. The second-order valence-corrected chi connectivity index (χ2v) is 5.26. The maximum Gasteiger partial charge on any atom is 0.252 e. The number of nitrogen functional groups attached to an aromatic ring is 1. The van der Waals surface area contributed by atoms with Crippen LogP contribution in [0.1, 0.15) is 27.7 Å². The molecule has 0 fully saturated rings. The summed E-state index contributed by atoms with van der Waals surface area (Å²) in [6.07, 6.45) is 0. The van der Waals surface area contributed by atoms with Gasteiger partial charge in [-0.05, 0) is 39.8 Å². The quantitative estimate of drug-likeness (QED) is 0.731. The monoisotopic (exact) mass is 233 g/mol. The van der Waals surface area contributed by atoms with E-state index in [9.17, 15) is 4.79 Å². The number of rotatable bonds is 1. The van der Waals surface area contributed by atoms with Crippen LogP contribution in [0.5, 0.6) is 0 Å². The number of fused-ring (bicyclic) bond motifs is 1. The topological polar surface area (TPSA) is 58.4 Å². The Bertz CT molecular complexity index is 466. The first kappa shape index (κ1) is 11.8. The first-order chi connectivity index (χ1) is 7.84. The maximum absolute atomic E-state index is 12.4. The van der Waals surface area contributed by atoms with Gasteiger partial charge in [0.15, 0.2) is 0 Å². The molecule has 0 spiro atoms. The molecule has 0 radical (unpaired) electrons. The molecule has 0 aromatic heterocycles. The van der Waals surface area contributed by atoms with Crippen molar-refractivity contribution in [3.63, 3.8) is 0 Å². The molecule has 1 aliphatic rings. The minimum absolute atomic E-state index is 0.0746. The Morgan fingerprint density at radius 3 is 2.59 bits per heavy atom. The highest BCUT2D eigenvalue weighted by Crippen LogP contribution is 2.39. The summed E-state index contributed by atoms with van der Waals surface area (Å²) in [6, 6.07) is 5.75. The normalized spacial score (nSPS) is 17.9. The molecule has 0 saturated carbocycles. The van der Waals surface area contributed by atoms with Gasteiger partial charge in [0.05, 0.1) is 17.1 Å². The number of carbonyl (C=O) groups excluding carboxylic acids is 1. The van der Waals surface area contributed by atoms with Crippen molar-refractivity contribution in [2.24, 2.45) is 0 Å². The molecule has 17 heavy (non-hydrogen) atoms. The van der Waals surface area contributed by atoms with Gasteiger partial charge in [-0.25, -0.2) is 0 Å². The zero-order valence-corrected chi connectivity index (χ0v) is 10.7. The van der Waals surface area contributed by atoms with Crippen LogP contribution in [-0.4, -0.2) is 17.5 Å². The predicted octanol–water partition coefficient (Wildman–Crippen LogP) is 2.21.